The van der Waals surface area contributed by atoms with Gasteiger partial charge < -0.3 is 16.0 Å². The van der Waals surface area contributed by atoms with E-state index in [1.165, 1.54) is 0 Å². The van der Waals surface area contributed by atoms with E-state index in [4.69, 9.17) is 5.73 Å². The second kappa shape index (κ2) is 5.97. The average Bonchev–Trinajstić information content (AvgIpc) is 2.90. The lowest BCUT2D eigenvalue weighted by molar-refractivity contribution is -0.122. The summed E-state index contributed by atoms with van der Waals surface area (Å²) < 4.78 is 0. The molecule has 0 aliphatic rings. The molecule has 0 bridgehead atoms. The second-order valence-corrected chi connectivity index (χ2v) is 4.09. The number of H-pyrrole nitrogens is 1. The highest BCUT2D eigenvalue weighted by Crippen LogP contribution is 2.02. The molecular weight excluding hydrogens is 228 g/mol. The van der Waals surface area contributed by atoms with Crippen molar-refractivity contribution in [3.8, 4) is 0 Å². The second-order valence-electron chi connectivity index (χ2n) is 4.09. The zero-order valence-corrected chi connectivity index (χ0v) is 9.97. The normalized spacial score (nSPS) is 12.1. The average molecular weight is 244 g/mol. The zero-order chi connectivity index (χ0) is 12.8. The van der Waals surface area contributed by atoms with Gasteiger partial charge >= 0.3 is 0 Å². The van der Waals surface area contributed by atoms with Crippen LogP contribution in [0.15, 0.2) is 42.9 Å². The van der Waals surface area contributed by atoms with Gasteiger partial charge in [-0.15, -0.1) is 0 Å². The number of amides is 1. The summed E-state index contributed by atoms with van der Waals surface area (Å²) in [7, 11) is 0. The Kier molecular flexibility index (Phi) is 4.09. The maximum atomic E-state index is 11.8. The van der Waals surface area contributed by atoms with Crippen LogP contribution in [0.4, 0.5) is 0 Å². The number of imidazole rings is 1. The Labute approximate surface area is 105 Å². The monoisotopic (exact) mass is 244 g/mol. The summed E-state index contributed by atoms with van der Waals surface area (Å²) in [6.45, 7) is 0.418. The molecule has 4 N–H and O–H groups in total. The molecule has 94 valence electrons. The molecule has 0 saturated heterocycles. The number of hydrogen-bond donors (Lipinski definition) is 3. The molecule has 18 heavy (non-hydrogen) atoms. The number of benzene rings is 1. The van der Waals surface area contributed by atoms with Crippen molar-refractivity contribution in [1.29, 1.82) is 0 Å². The largest absolute Gasteiger partial charge is 0.349 e. The Hall–Kier alpha value is -2.14. The number of hydrogen-bond acceptors (Lipinski definition) is 3. The minimum Gasteiger partial charge on any atom is -0.349 e. The third-order valence-corrected chi connectivity index (χ3v) is 2.64. The van der Waals surface area contributed by atoms with Crippen LogP contribution in [-0.4, -0.2) is 21.9 Å². The first-order chi connectivity index (χ1) is 8.75. The van der Waals surface area contributed by atoms with Gasteiger partial charge in [0.1, 0.15) is 0 Å². The van der Waals surface area contributed by atoms with Gasteiger partial charge in [-0.2, -0.15) is 0 Å². The number of nitrogens with two attached hydrogens (primary N) is 1. The van der Waals surface area contributed by atoms with Crippen LogP contribution in [0.5, 0.6) is 0 Å². The summed E-state index contributed by atoms with van der Waals surface area (Å²) in [4.78, 5) is 18.6. The Morgan fingerprint density at radius 1 is 1.39 bits per heavy atom. The first kappa shape index (κ1) is 12.3. The summed E-state index contributed by atoms with van der Waals surface area (Å²) in [5.74, 6) is -0.159. The van der Waals surface area contributed by atoms with E-state index in [0.29, 0.717) is 13.0 Å². The van der Waals surface area contributed by atoms with E-state index in [1.54, 1.807) is 12.5 Å². The molecular formula is C13H16N4O. The standard InChI is InChI=1S/C13H16N4O/c14-12(6-10-4-2-1-3-5-10)13(18)16-8-11-7-15-9-17-11/h1-5,7,9,12H,6,8,14H2,(H,15,17)(H,16,18)/t12-/m0/s1. The van der Waals surface area contributed by atoms with Gasteiger partial charge in [0.05, 0.1) is 24.6 Å². The molecule has 5 heteroatoms. The number of nitrogens with zero attached hydrogens (tertiary/aromatic N) is 1. The topological polar surface area (TPSA) is 83.8 Å². The zero-order valence-electron chi connectivity index (χ0n) is 9.97. The number of rotatable bonds is 5. The van der Waals surface area contributed by atoms with Crippen molar-refractivity contribution in [3.63, 3.8) is 0 Å². The third-order valence-electron chi connectivity index (χ3n) is 2.64. The number of aromatic nitrogens is 2. The summed E-state index contributed by atoms with van der Waals surface area (Å²) in [5, 5.41) is 2.77. The van der Waals surface area contributed by atoms with E-state index in [2.05, 4.69) is 15.3 Å². The van der Waals surface area contributed by atoms with E-state index >= 15 is 0 Å². The number of aromatic amines is 1. The third kappa shape index (κ3) is 3.43. The van der Waals surface area contributed by atoms with Gasteiger partial charge in [-0.05, 0) is 12.0 Å². The van der Waals surface area contributed by atoms with Crippen molar-refractivity contribution in [2.75, 3.05) is 0 Å². The van der Waals surface area contributed by atoms with Gasteiger partial charge in [0.25, 0.3) is 0 Å². The fraction of sp³-hybridized carbons (Fsp3) is 0.231. The molecule has 0 spiro atoms. The molecule has 1 atom stereocenters. The summed E-state index contributed by atoms with van der Waals surface area (Å²) >= 11 is 0. The highest BCUT2D eigenvalue weighted by Gasteiger charge is 2.13. The van der Waals surface area contributed by atoms with Crippen molar-refractivity contribution < 1.29 is 4.79 Å². The SMILES string of the molecule is N[C@@H](Cc1ccccc1)C(=O)NCc1cnc[nH]1. The minimum absolute atomic E-state index is 0.159. The van der Waals surface area contributed by atoms with E-state index in [1.807, 2.05) is 30.3 Å². The first-order valence-corrected chi connectivity index (χ1v) is 5.80. The smallest absolute Gasteiger partial charge is 0.237 e. The van der Waals surface area contributed by atoms with Crippen LogP contribution in [-0.2, 0) is 17.8 Å². The molecule has 5 nitrogen and oxygen atoms in total. The summed E-state index contributed by atoms with van der Waals surface area (Å²) in [6, 6.07) is 9.20. The molecule has 0 aliphatic carbocycles. The fourth-order valence-corrected chi connectivity index (χ4v) is 1.66. The van der Waals surface area contributed by atoms with Crippen LogP contribution >= 0.6 is 0 Å². The summed E-state index contributed by atoms with van der Waals surface area (Å²) in [6.07, 6.45) is 3.78. The molecule has 0 aliphatic heterocycles. The van der Waals surface area contributed by atoms with Crippen molar-refractivity contribution in [2.45, 2.75) is 19.0 Å². The van der Waals surface area contributed by atoms with Crippen LogP contribution in [0, 0.1) is 0 Å². The van der Waals surface area contributed by atoms with E-state index < -0.39 is 6.04 Å². The van der Waals surface area contributed by atoms with Gasteiger partial charge in [0, 0.05) is 6.20 Å². The van der Waals surface area contributed by atoms with Crippen LogP contribution < -0.4 is 11.1 Å². The highest BCUT2D eigenvalue weighted by atomic mass is 16.2. The molecule has 0 radical (unpaired) electrons. The van der Waals surface area contributed by atoms with Gasteiger partial charge in [0.15, 0.2) is 0 Å². The summed E-state index contributed by atoms with van der Waals surface area (Å²) in [5.41, 5.74) is 7.76. The molecule has 1 aromatic heterocycles. The maximum Gasteiger partial charge on any atom is 0.237 e. The lowest BCUT2D eigenvalue weighted by Gasteiger charge is -2.11. The van der Waals surface area contributed by atoms with E-state index in [-0.39, 0.29) is 5.91 Å². The predicted octanol–water partition coefficient (Wildman–Crippen LogP) is 0.596. The van der Waals surface area contributed by atoms with Crippen LogP contribution in [0.2, 0.25) is 0 Å². The Bertz CT molecular complexity index is 481. The van der Waals surface area contributed by atoms with Crippen molar-refractivity contribution in [1.82, 2.24) is 15.3 Å². The maximum absolute atomic E-state index is 11.8. The van der Waals surface area contributed by atoms with Gasteiger partial charge in [-0.3, -0.25) is 4.79 Å². The van der Waals surface area contributed by atoms with Crippen molar-refractivity contribution >= 4 is 5.91 Å². The van der Waals surface area contributed by atoms with Crippen LogP contribution in [0.3, 0.4) is 0 Å². The molecule has 0 unspecified atom stereocenters. The van der Waals surface area contributed by atoms with Crippen LogP contribution in [0.1, 0.15) is 11.3 Å². The Morgan fingerprint density at radius 2 is 2.17 bits per heavy atom. The molecule has 0 fully saturated rings. The van der Waals surface area contributed by atoms with E-state index in [0.717, 1.165) is 11.3 Å². The molecule has 2 aromatic rings. The molecule has 1 amide bonds. The van der Waals surface area contributed by atoms with Crippen molar-refractivity contribution in [2.24, 2.45) is 5.73 Å². The number of carbonyl (C=O) groups is 1. The molecule has 2 rings (SSSR count). The Morgan fingerprint density at radius 3 is 2.83 bits per heavy atom. The van der Waals surface area contributed by atoms with Gasteiger partial charge in [-0.1, -0.05) is 30.3 Å². The van der Waals surface area contributed by atoms with Crippen molar-refractivity contribution in [3.05, 3.63) is 54.1 Å². The molecule has 1 heterocycles. The quantitative estimate of drug-likeness (QED) is 0.720. The Balaban J connectivity index is 1.82. The number of nitrogens with one attached hydrogen (secondary N) is 2. The first-order valence-electron chi connectivity index (χ1n) is 5.80. The number of carbonyl (C=O) groups excluding carboxylic acids is 1. The van der Waals surface area contributed by atoms with E-state index in [9.17, 15) is 4.79 Å². The van der Waals surface area contributed by atoms with Gasteiger partial charge in [0.2, 0.25) is 5.91 Å². The lowest BCUT2D eigenvalue weighted by atomic mass is 10.1. The highest BCUT2D eigenvalue weighted by molar-refractivity contribution is 5.81. The molecule has 1 aromatic carbocycles. The van der Waals surface area contributed by atoms with Crippen LogP contribution in [0.25, 0.3) is 0 Å². The van der Waals surface area contributed by atoms with Gasteiger partial charge in [-0.25, -0.2) is 4.98 Å². The minimum atomic E-state index is -0.532. The fourth-order valence-electron chi connectivity index (χ4n) is 1.66. The lowest BCUT2D eigenvalue weighted by Crippen LogP contribution is -2.41. The molecule has 0 saturated carbocycles. The predicted molar refractivity (Wildman–Crippen MR) is 68.6 cm³/mol.